The summed E-state index contributed by atoms with van der Waals surface area (Å²) in [5.74, 6) is -2.38. The molecule has 0 unspecified atom stereocenters. The van der Waals surface area contributed by atoms with Crippen LogP contribution in [-0.2, 0) is 9.84 Å². The van der Waals surface area contributed by atoms with E-state index in [4.69, 9.17) is 16.7 Å². The summed E-state index contributed by atoms with van der Waals surface area (Å²) in [6, 6.07) is 2.01. The maximum absolute atomic E-state index is 11.8. The van der Waals surface area contributed by atoms with Crippen LogP contribution in [-0.4, -0.2) is 30.4 Å². The van der Waals surface area contributed by atoms with Crippen LogP contribution >= 0.6 is 11.6 Å². The van der Waals surface area contributed by atoms with Gasteiger partial charge in [-0.1, -0.05) is 17.7 Å². The zero-order valence-electron chi connectivity index (χ0n) is 8.55. The molecule has 0 radical (unpaired) electrons. The fourth-order valence-corrected chi connectivity index (χ4v) is 3.12. The molecule has 0 aromatic heterocycles. The van der Waals surface area contributed by atoms with Crippen molar-refractivity contribution < 1.29 is 23.4 Å². The van der Waals surface area contributed by atoms with Gasteiger partial charge in [-0.25, -0.2) is 13.2 Å². The van der Waals surface area contributed by atoms with Gasteiger partial charge in [0.05, 0.1) is 11.3 Å². The first-order valence-electron chi connectivity index (χ1n) is 4.39. The summed E-state index contributed by atoms with van der Waals surface area (Å²) in [6.07, 6.45) is 1.11. The minimum atomic E-state index is -3.93. The molecule has 0 amide bonds. The third-order valence-corrected chi connectivity index (χ3v) is 4.17. The number of carbonyl (C=O) groups is 1. The van der Waals surface area contributed by atoms with Crippen molar-refractivity contribution in [1.29, 1.82) is 0 Å². The highest BCUT2D eigenvalue weighted by Gasteiger charge is 2.26. The molecule has 2 N–H and O–H groups in total. The lowest BCUT2D eigenvalue weighted by atomic mass is 10.2. The second kappa shape index (κ2) is 4.77. The Morgan fingerprint density at radius 1 is 1.47 bits per heavy atom. The number of aromatic hydroxyl groups is 1. The zero-order chi connectivity index (χ0) is 13.2. The van der Waals surface area contributed by atoms with Crippen LogP contribution in [0.4, 0.5) is 0 Å². The molecule has 17 heavy (non-hydrogen) atoms. The fourth-order valence-electron chi connectivity index (χ4n) is 1.26. The molecule has 0 fully saturated rings. The van der Waals surface area contributed by atoms with Crippen LogP contribution in [0, 0.1) is 0 Å². The number of aromatic carboxylic acids is 1. The molecule has 1 aromatic rings. The molecule has 5 nitrogen and oxygen atoms in total. The van der Waals surface area contributed by atoms with Crippen molar-refractivity contribution in [2.75, 3.05) is 5.75 Å². The Morgan fingerprint density at radius 3 is 2.53 bits per heavy atom. The smallest absolute Gasteiger partial charge is 0.337 e. The number of halogens is 1. The number of phenolic OH excluding ortho intramolecular Hbond substituents is 1. The van der Waals surface area contributed by atoms with Gasteiger partial charge in [0.2, 0.25) is 0 Å². The topological polar surface area (TPSA) is 91.7 Å². The molecule has 0 spiro atoms. The molecule has 1 aromatic carbocycles. The van der Waals surface area contributed by atoms with Gasteiger partial charge >= 0.3 is 5.97 Å². The molecular formula is C10H9ClO5S. The number of benzene rings is 1. The van der Waals surface area contributed by atoms with Crippen molar-refractivity contribution in [2.24, 2.45) is 0 Å². The lowest BCUT2D eigenvalue weighted by Crippen LogP contribution is -2.12. The summed E-state index contributed by atoms with van der Waals surface area (Å²) in [6.45, 7) is 3.27. The summed E-state index contributed by atoms with van der Waals surface area (Å²) >= 11 is 5.64. The van der Waals surface area contributed by atoms with Gasteiger partial charge < -0.3 is 10.2 Å². The highest BCUT2D eigenvalue weighted by Crippen LogP contribution is 2.34. The highest BCUT2D eigenvalue weighted by atomic mass is 35.5. The lowest BCUT2D eigenvalue weighted by Gasteiger charge is -2.09. The van der Waals surface area contributed by atoms with Crippen molar-refractivity contribution in [3.8, 4) is 5.75 Å². The Hall–Kier alpha value is -1.53. The SMILES string of the molecule is C=CCS(=O)(=O)c1c(C(=O)O)ccc(O)c1Cl. The molecule has 0 aliphatic heterocycles. The average molecular weight is 277 g/mol. The minimum absolute atomic E-state index is 0.462. The third-order valence-electron chi connectivity index (χ3n) is 1.96. The van der Waals surface area contributed by atoms with Gasteiger partial charge in [0.1, 0.15) is 15.7 Å². The second-order valence-electron chi connectivity index (χ2n) is 3.15. The number of sulfone groups is 1. The van der Waals surface area contributed by atoms with Crippen LogP contribution in [0.3, 0.4) is 0 Å². The van der Waals surface area contributed by atoms with Crippen LogP contribution in [0.5, 0.6) is 5.75 Å². The summed E-state index contributed by atoms with van der Waals surface area (Å²) in [5, 5.41) is 17.7. The van der Waals surface area contributed by atoms with Gasteiger partial charge in [-0.2, -0.15) is 0 Å². The molecule has 0 aliphatic carbocycles. The van der Waals surface area contributed by atoms with Crippen LogP contribution in [0.15, 0.2) is 29.7 Å². The zero-order valence-corrected chi connectivity index (χ0v) is 10.1. The first-order valence-corrected chi connectivity index (χ1v) is 6.42. The Labute approximate surface area is 103 Å². The van der Waals surface area contributed by atoms with Crippen LogP contribution in [0.25, 0.3) is 0 Å². The largest absolute Gasteiger partial charge is 0.506 e. The second-order valence-corrected chi connectivity index (χ2v) is 5.50. The molecule has 1 rings (SSSR count). The molecular weight excluding hydrogens is 268 g/mol. The first kappa shape index (κ1) is 13.5. The molecule has 7 heteroatoms. The fraction of sp³-hybridized carbons (Fsp3) is 0.100. The highest BCUT2D eigenvalue weighted by molar-refractivity contribution is 7.91. The minimum Gasteiger partial charge on any atom is -0.506 e. The third kappa shape index (κ3) is 2.59. The van der Waals surface area contributed by atoms with E-state index >= 15 is 0 Å². The number of phenols is 1. The average Bonchev–Trinajstić information content (AvgIpc) is 2.20. The van der Waals surface area contributed by atoms with Crippen molar-refractivity contribution in [2.45, 2.75) is 4.90 Å². The molecule has 0 saturated heterocycles. The Bertz CT molecular complexity index is 577. The molecule has 0 aliphatic rings. The van der Waals surface area contributed by atoms with E-state index in [1.54, 1.807) is 0 Å². The normalized spacial score (nSPS) is 11.1. The Morgan fingerprint density at radius 2 is 2.06 bits per heavy atom. The van der Waals surface area contributed by atoms with E-state index < -0.39 is 42.8 Å². The van der Waals surface area contributed by atoms with Gasteiger partial charge in [-0.05, 0) is 12.1 Å². The Kier molecular flexibility index (Phi) is 3.79. The van der Waals surface area contributed by atoms with Crippen LogP contribution in [0.2, 0.25) is 5.02 Å². The standard InChI is InChI=1S/C10H9ClO5S/c1-2-5-17(15,16)9-6(10(13)14)3-4-7(12)8(9)11/h2-4,12H,1,5H2,(H,13,14). The van der Waals surface area contributed by atoms with E-state index in [1.165, 1.54) is 0 Å². The summed E-state index contributed by atoms with van der Waals surface area (Å²) < 4.78 is 23.6. The van der Waals surface area contributed by atoms with Crippen molar-refractivity contribution in [3.05, 3.63) is 35.4 Å². The van der Waals surface area contributed by atoms with Crippen molar-refractivity contribution >= 4 is 27.4 Å². The summed E-state index contributed by atoms with van der Waals surface area (Å²) in [7, 11) is -3.93. The monoisotopic (exact) mass is 276 g/mol. The molecule has 0 heterocycles. The molecule has 0 bridgehead atoms. The molecule has 0 atom stereocenters. The van der Waals surface area contributed by atoms with E-state index in [0.717, 1.165) is 18.2 Å². The number of hydrogen-bond donors (Lipinski definition) is 2. The van der Waals surface area contributed by atoms with Gasteiger partial charge in [0.15, 0.2) is 9.84 Å². The van der Waals surface area contributed by atoms with Crippen molar-refractivity contribution in [3.63, 3.8) is 0 Å². The van der Waals surface area contributed by atoms with Gasteiger partial charge in [-0.15, -0.1) is 6.58 Å². The quantitative estimate of drug-likeness (QED) is 0.817. The van der Waals surface area contributed by atoms with Crippen molar-refractivity contribution in [1.82, 2.24) is 0 Å². The number of hydrogen-bond acceptors (Lipinski definition) is 4. The van der Waals surface area contributed by atoms with Gasteiger partial charge in [0, 0.05) is 0 Å². The molecule has 92 valence electrons. The van der Waals surface area contributed by atoms with E-state index in [1.807, 2.05) is 0 Å². The van der Waals surface area contributed by atoms with E-state index in [-0.39, 0.29) is 0 Å². The predicted octanol–water partition coefficient (Wildman–Crippen LogP) is 1.70. The maximum Gasteiger partial charge on any atom is 0.337 e. The summed E-state index contributed by atoms with van der Waals surface area (Å²) in [4.78, 5) is 10.3. The van der Waals surface area contributed by atoms with E-state index in [0.29, 0.717) is 0 Å². The lowest BCUT2D eigenvalue weighted by molar-refractivity contribution is 0.0692. The first-order chi connectivity index (χ1) is 7.81. The van der Waals surface area contributed by atoms with E-state index in [2.05, 4.69) is 6.58 Å². The van der Waals surface area contributed by atoms with E-state index in [9.17, 15) is 18.3 Å². The Balaban J connectivity index is 3.65. The van der Waals surface area contributed by atoms with Gasteiger partial charge in [-0.3, -0.25) is 0 Å². The van der Waals surface area contributed by atoms with Crippen LogP contribution < -0.4 is 0 Å². The number of carboxylic acids is 1. The summed E-state index contributed by atoms with van der Waals surface area (Å²) in [5.41, 5.74) is -0.477. The number of rotatable bonds is 4. The molecule has 0 saturated carbocycles. The maximum atomic E-state index is 11.8. The number of carboxylic acid groups (broad SMARTS) is 1. The van der Waals surface area contributed by atoms with Crippen LogP contribution in [0.1, 0.15) is 10.4 Å². The predicted molar refractivity (Wildman–Crippen MR) is 62.3 cm³/mol. The van der Waals surface area contributed by atoms with Gasteiger partial charge in [0.25, 0.3) is 0 Å².